The molecule has 0 heterocycles. The number of hydrogen-bond acceptors (Lipinski definition) is 3. The first kappa shape index (κ1) is 30.3. The van der Waals surface area contributed by atoms with Crippen LogP contribution in [0.15, 0.2) is 18.2 Å². The Morgan fingerprint density at radius 2 is 1.54 bits per heavy atom. The predicted octanol–water partition coefficient (Wildman–Crippen LogP) is 8.16. The van der Waals surface area contributed by atoms with Crippen LogP contribution in [0.25, 0.3) is 0 Å². The Kier molecular flexibility index (Phi) is 8.24. The number of alkyl halides is 9. The Hall–Kier alpha value is -1.69. The highest BCUT2D eigenvalue weighted by Crippen LogP contribution is 2.62. The molecule has 2 saturated carbocycles. The second-order valence-electron chi connectivity index (χ2n) is 11.1. The van der Waals surface area contributed by atoms with Gasteiger partial charge in [-0.05, 0) is 98.3 Å². The summed E-state index contributed by atoms with van der Waals surface area (Å²) in [5.74, 6) is 2.02. The van der Waals surface area contributed by atoms with Gasteiger partial charge in [-0.2, -0.15) is 39.5 Å². The molecule has 0 aliphatic heterocycles. The maximum absolute atomic E-state index is 13.0. The van der Waals surface area contributed by atoms with Gasteiger partial charge in [0.05, 0.1) is 19.3 Å². The average Bonchev–Trinajstić information content (AvgIpc) is 3.15. The minimum atomic E-state index is -6.72. The van der Waals surface area contributed by atoms with E-state index in [-0.39, 0.29) is 18.1 Å². The highest BCUT2D eigenvalue weighted by molar-refractivity contribution is 5.40. The van der Waals surface area contributed by atoms with Crippen LogP contribution in [0.4, 0.5) is 39.5 Å². The van der Waals surface area contributed by atoms with E-state index in [1.807, 2.05) is 13.0 Å². The van der Waals surface area contributed by atoms with Crippen LogP contribution >= 0.6 is 0 Å². The van der Waals surface area contributed by atoms with E-state index in [1.165, 1.54) is 11.1 Å². The van der Waals surface area contributed by atoms with Crippen molar-refractivity contribution in [3.63, 3.8) is 0 Å². The highest BCUT2D eigenvalue weighted by atomic mass is 19.4. The Balaban J connectivity index is 1.36. The lowest BCUT2D eigenvalue weighted by Crippen LogP contribution is -2.67. The van der Waals surface area contributed by atoms with Crippen LogP contribution in [0.2, 0.25) is 0 Å². The van der Waals surface area contributed by atoms with Gasteiger partial charge in [0.15, 0.2) is 0 Å². The van der Waals surface area contributed by atoms with E-state index >= 15 is 0 Å². The molecule has 3 nitrogen and oxygen atoms in total. The summed E-state index contributed by atoms with van der Waals surface area (Å²) in [5, 5.41) is 0. The standard InChI is InChI=1S/C27H33F9O3/c1-3-37-17-6-8-18-16(15-17)5-7-20-19(18)11-12-23(2)21(20)9-10-22(23)38-13-4-14-39-24(25(28,29)30,26(31,32)33)27(34,35)36/h6,8,15,19-22H,3-5,7,9-14H2,1-2H3. The monoisotopic (exact) mass is 576 g/mol. The van der Waals surface area contributed by atoms with Gasteiger partial charge in [-0.15, -0.1) is 0 Å². The lowest BCUT2D eigenvalue weighted by atomic mass is 9.55. The maximum atomic E-state index is 13.0. The van der Waals surface area contributed by atoms with Crippen LogP contribution in [0.1, 0.15) is 69.4 Å². The number of rotatable bonds is 8. The molecule has 3 aliphatic carbocycles. The van der Waals surface area contributed by atoms with Gasteiger partial charge in [0, 0.05) is 6.61 Å². The third-order valence-electron chi connectivity index (χ3n) is 9.05. The average molecular weight is 577 g/mol. The molecule has 3 aliphatic rings. The molecule has 1 aromatic rings. The highest BCUT2D eigenvalue weighted by Gasteiger charge is 2.85. The van der Waals surface area contributed by atoms with E-state index in [4.69, 9.17) is 9.47 Å². The molecular formula is C27H33F9O3. The Bertz CT molecular complexity index is 968. The van der Waals surface area contributed by atoms with Crippen molar-refractivity contribution in [1.29, 1.82) is 0 Å². The zero-order valence-corrected chi connectivity index (χ0v) is 21.7. The van der Waals surface area contributed by atoms with Gasteiger partial charge in [0.1, 0.15) is 5.75 Å². The van der Waals surface area contributed by atoms with Gasteiger partial charge in [-0.3, -0.25) is 0 Å². The molecule has 39 heavy (non-hydrogen) atoms. The minimum Gasteiger partial charge on any atom is -0.494 e. The van der Waals surface area contributed by atoms with E-state index < -0.39 is 37.2 Å². The lowest BCUT2D eigenvalue weighted by molar-refractivity contribution is -0.457. The molecule has 0 aromatic heterocycles. The quantitative estimate of drug-likeness (QED) is 0.231. The van der Waals surface area contributed by atoms with Gasteiger partial charge >= 0.3 is 24.1 Å². The zero-order chi connectivity index (χ0) is 28.9. The van der Waals surface area contributed by atoms with Gasteiger partial charge in [-0.25, -0.2) is 0 Å². The molecule has 4 rings (SSSR count). The Morgan fingerprint density at radius 3 is 2.15 bits per heavy atom. The minimum absolute atomic E-state index is 0.224. The smallest absolute Gasteiger partial charge is 0.435 e. The molecule has 0 spiro atoms. The van der Waals surface area contributed by atoms with Crippen LogP contribution in [-0.4, -0.2) is 50.1 Å². The fourth-order valence-electron chi connectivity index (χ4n) is 7.28. The zero-order valence-electron chi connectivity index (χ0n) is 21.7. The number of aryl methyl sites for hydroxylation is 1. The maximum Gasteiger partial charge on any atom is 0.435 e. The summed E-state index contributed by atoms with van der Waals surface area (Å²) >= 11 is 0. The Labute approximate surface area is 221 Å². The molecule has 2 fully saturated rings. The number of fused-ring (bicyclic) bond motifs is 5. The summed E-state index contributed by atoms with van der Waals surface area (Å²) in [5.41, 5.74) is -3.83. The van der Waals surface area contributed by atoms with E-state index in [0.717, 1.165) is 37.9 Å². The molecule has 222 valence electrons. The molecule has 1 aromatic carbocycles. The van der Waals surface area contributed by atoms with Crippen molar-refractivity contribution in [3.05, 3.63) is 29.3 Å². The first-order valence-electron chi connectivity index (χ1n) is 13.3. The van der Waals surface area contributed by atoms with Crippen LogP contribution in [0.5, 0.6) is 5.75 Å². The second-order valence-corrected chi connectivity index (χ2v) is 11.1. The fourth-order valence-corrected chi connectivity index (χ4v) is 7.28. The predicted molar refractivity (Wildman–Crippen MR) is 123 cm³/mol. The van der Waals surface area contributed by atoms with Gasteiger partial charge in [-0.1, -0.05) is 13.0 Å². The lowest BCUT2D eigenvalue weighted by Gasteiger charge is -2.50. The molecule has 5 atom stereocenters. The molecule has 5 unspecified atom stereocenters. The SMILES string of the molecule is CCOc1ccc2c(c1)CCC1C2CCC2(C)C(OCCCOC(C(F)(F)F)(C(F)(F)F)C(F)(F)F)CCC12. The van der Waals surface area contributed by atoms with Crippen molar-refractivity contribution in [2.24, 2.45) is 17.3 Å². The summed E-state index contributed by atoms with van der Waals surface area (Å²) in [4.78, 5) is 0. The molecule has 0 N–H and O–H groups in total. The third-order valence-corrected chi connectivity index (χ3v) is 9.05. The molecular weight excluding hydrogens is 543 g/mol. The van der Waals surface area contributed by atoms with E-state index in [0.29, 0.717) is 30.8 Å². The van der Waals surface area contributed by atoms with Crippen LogP contribution in [0, 0.1) is 17.3 Å². The summed E-state index contributed by atoms with van der Waals surface area (Å²) < 4.78 is 132. The van der Waals surface area contributed by atoms with Gasteiger partial charge < -0.3 is 14.2 Å². The molecule has 0 bridgehead atoms. The van der Waals surface area contributed by atoms with Crippen LogP contribution in [0.3, 0.4) is 0 Å². The summed E-state index contributed by atoms with van der Waals surface area (Å²) in [6.07, 6.45) is -15.7. The van der Waals surface area contributed by atoms with Crippen molar-refractivity contribution < 1.29 is 53.7 Å². The van der Waals surface area contributed by atoms with Crippen molar-refractivity contribution in [1.82, 2.24) is 0 Å². The molecule has 0 amide bonds. The molecule has 0 saturated heterocycles. The van der Waals surface area contributed by atoms with Gasteiger partial charge in [0.2, 0.25) is 0 Å². The molecule has 12 heteroatoms. The van der Waals surface area contributed by atoms with E-state index in [2.05, 4.69) is 23.8 Å². The van der Waals surface area contributed by atoms with Crippen molar-refractivity contribution >= 4 is 0 Å². The fraction of sp³-hybridized carbons (Fsp3) is 0.778. The molecule has 0 radical (unpaired) electrons. The number of halogens is 9. The first-order valence-corrected chi connectivity index (χ1v) is 13.3. The normalized spacial score (nSPS) is 29.5. The largest absolute Gasteiger partial charge is 0.494 e. The van der Waals surface area contributed by atoms with Crippen LogP contribution in [-0.2, 0) is 15.9 Å². The third kappa shape index (κ3) is 5.24. The second kappa shape index (κ2) is 10.6. The van der Waals surface area contributed by atoms with Crippen molar-refractivity contribution in [3.8, 4) is 5.75 Å². The number of benzene rings is 1. The van der Waals surface area contributed by atoms with Crippen molar-refractivity contribution in [2.45, 2.75) is 94.9 Å². The summed E-state index contributed by atoms with van der Waals surface area (Å²) in [7, 11) is 0. The topological polar surface area (TPSA) is 27.7 Å². The number of ether oxygens (including phenoxy) is 3. The first-order chi connectivity index (χ1) is 18.1. The van der Waals surface area contributed by atoms with Crippen LogP contribution < -0.4 is 4.74 Å². The van der Waals surface area contributed by atoms with E-state index in [1.54, 1.807) is 0 Å². The number of hydrogen-bond donors (Lipinski definition) is 0. The van der Waals surface area contributed by atoms with Gasteiger partial charge in [0.25, 0.3) is 0 Å². The van der Waals surface area contributed by atoms with Crippen molar-refractivity contribution in [2.75, 3.05) is 19.8 Å². The van der Waals surface area contributed by atoms with E-state index in [9.17, 15) is 39.5 Å². The summed E-state index contributed by atoms with van der Waals surface area (Å²) in [6, 6.07) is 6.24. The Morgan fingerprint density at radius 1 is 0.872 bits per heavy atom. The summed E-state index contributed by atoms with van der Waals surface area (Å²) in [6.45, 7) is 2.93.